The lowest BCUT2D eigenvalue weighted by Gasteiger charge is -2.26. The molecule has 34 heavy (non-hydrogen) atoms. The summed E-state index contributed by atoms with van der Waals surface area (Å²) in [6.45, 7) is 4.20. The predicted molar refractivity (Wildman–Crippen MR) is 135 cm³/mol. The first-order valence-electron chi connectivity index (χ1n) is 11.4. The van der Waals surface area contributed by atoms with Gasteiger partial charge in [-0.2, -0.15) is 5.26 Å². The summed E-state index contributed by atoms with van der Waals surface area (Å²) >= 11 is 0. The van der Waals surface area contributed by atoms with E-state index in [4.69, 9.17) is 0 Å². The van der Waals surface area contributed by atoms with Crippen LogP contribution >= 0.6 is 0 Å². The Balaban J connectivity index is 1.74. The minimum Gasteiger partial charge on any atom is -0.293 e. The Hall–Kier alpha value is -4.24. The minimum atomic E-state index is -0.216. The first-order chi connectivity index (χ1) is 16.5. The van der Waals surface area contributed by atoms with Crippen molar-refractivity contribution in [3.05, 3.63) is 89.2 Å². The summed E-state index contributed by atoms with van der Waals surface area (Å²) in [6, 6.07) is 20.3. The van der Waals surface area contributed by atoms with Crippen molar-refractivity contribution in [2.45, 2.75) is 32.1 Å². The van der Waals surface area contributed by atoms with E-state index in [9.17, 15) is 10.1 Å². The average Bonchev–Trinajstić information content (AvgIpc) is 3.14. The summed E-state index contributed by atoms with van der Waals surface area (Å²) in [5.74, 6) is 0. The Kier molecular flexibility index (Phi) is 5.25. The maximum Gasteiger partial charge on any atom is 0.333 e. The van der Waals surface area contributed by atoms with E-state index in [1.807, 2.05) is 54.7 Å². The van der Waals surface area contributed by atoms with E-state index in [1.165, 1.54) is 0 Å². The molecule has 6 heteroatoms. The summed E-state index contributed by atoms with van der Waals surface area (Å²) in [6.07, 6.45) is 6.65. The highest BCUT2D eigenvalue weighted by Crippen LogP contribution is 2.33. The highest BCUT2D eigenvalue weighted by atomic mass is 16.1. The number of aryl methyl sites for hydroxylation is 1. The lowest BCUT2D eigenvalue weighted by atomic mass is 9.78. The van der Waals surface area contributed by atoms with E-state index in [2.05, 4.69) is 36.0 Å². The maximum absolute atomic E-state index is 13.4. The van der Waals surface area contributed by atoms with Gasteiger partial charge in [0.2, 0.25) is 0 Å². The molecule has 5 rings (SSSR count). The maximum atomic E-state index is 13.4. The van der Waals surface area contributed by atoms with Crippen molar-refractivity contribution in [2.75, 3.05) is 0 Å². The molecule has 0 aliphatic carbocycles. The van der Waals surface area contributed by atoms with Crippen molar-refractivity contribution in [1.82, 2.24) is 19.1 Å². The molecule has 0 N–H and O–H groups in total. The molecule has 1 atom stereocenters. The molecule has 5 aromatic rings. The molecule has 0 amide bonds. The summed E-state index contributed by atoms with van der Waals surface area (Å²) in [4.78, 5) is 22.2. The largest absolute Gasteiger partial charge is 0.333 e. The second-order valence-electron chi connectivity index (χ2n) is 8.94. The minimum absolute atomic E-state index is 0.126. The van der Waals surface area contributed by atoms with Crippen LogP contribution in [0.1, 0.15) is 32.3 Å². The van der Waals surface area contributed by atoms with Crippen LogP contribution in [0, 0.1) is 11.3 Å². The second-order valence-corrected chi connectivity index (χ2v) is 8.94. The first-order valence-corrected chi connectivity index (χ1v) is 11.4. The normalized spacial score (nSPS) is 13.1. The molecule has 0 fully saturated rings. The van der Waals surface area contributed by atoms with Gasteiger partial charge in [-0.25, -0.2) is 4.79 Å². The second kappa shape index (κ2) is 8.27. The van der Waals surface area contributed by atoms with E-state index in [0.717, 1.165) is 50.7 Å². The van der Waals surface area contributed by atoms with Crippen LogP contribution in [0.4, 0.5) is 0 Å². The van der Waals surface area contributed by atoms with Gasteiger partial charge >= 0.3 is 5.69 Å². The number of hydrogen-bond acceptors (Lipinski definition) is 4. The van der Waals surface area contributed by atoms with Crippen molar-refractivity contribution in [2.24, 2.45) is 7.05 Å². The molecule has 2 aromatic carbocycles. The SMILES string of the molecule is CCC(C)(CC#N)c1ccc(-n2c(=O)n(C)c3cnc4ccc(-c5cccnc5)cc4c32)cc1. The molecular weight excluding hydrogens is 422 g/mol. The quantitative estimate of drug-likeness (QED) is 0.355. The molecule has 0 aliphatic rings. The van der Waals surface area contributed by atoms with Crippen LogP contribution in [0.25, 0.3) is 38.8 Å². The number of fused-ring (bicyclic) bond motifs is 3. The molecule has 0 aliphatic heterocycles. The number of rotatable bonds is 5. The number of imidazole rings is 1. The monoisotopic (exact) mass is 447 g/mol. The average molecular weight is 448 g/mol. The molecule has 0 saturated carbocycles. The van der Waals surface area contributed by atoms with Gasteiger partial charge in [0.05, 0.1) is 34.5 Å². The van der Waals surface area contributed by atoms with Gasteiger partial charge in [-0.05, 0) is 47.9 Å². The Morgan fingerprint density at radius 2 is 1.85 bits per heavy atom. The molecule has 0 bridgehead atoms. The van der Waals surface area contributed by atoms with Gasteiger partial charge < -0.3 is 0 Å². The van der Waals surface area contributed by atoms with Crippen molar-refractivity contribution < 1.29 is 0 Å². The van der Waals surface area contributed by atoms with Crippen LogP contribution in [-0.4, -0.2) is 19.1 Å². The first kappa shape index (κ1) is 21.6. The highest BCUT2D eigenvalue weighted by molar-refractivity contribution is 6.04. The van der Waals surface area contributed by atoms with E-state index < -0.39 is 0 Å². The molecule has 3 aromatic heterocycles. The van der Waals surface area contributed by atoms with Gasteiger partial charge in [0.15, 0.2) is 0 Å². The Morgan fingerprint density at radius 1 is 1.06 bits per heavy atom. The third-order valence-corrected chi connectivity index (χ3v) is 6.95. The summed E-state index contributed by atoms with van der Waals surface area (Å²) < 4.78 is 3.39. The molecular formula is C28H25N5O. The van der Waals surface area contributed by atoms with Gasteiger partial charge in [0, 0.05) is 42.2 Å². The topological polar surface area (TPSA) is 76.5 Å². The van der Waals surface area contributed by atoms with Crippen molar-refractivity contribution in [3.63, 3.8) is 0 Å². The number of benzene rings is 2. The summed E-state index contributed by atoms with van der Waals surface area (Å²) in [5, 5.41) is 10.2. The van der Waals surface area contributed by atoms with Crippen LogP contribution in [0.5, 0.6) is 0 Å². The Labute approximate surface area is 197 Å². The molecule has 6 nitrogen and oxygen atoms in total. The third-order valence-electron chi connectivity index (χ3n) is 6.95. The van der Waals surface area contributed by atoms with Crippen LogP contribution in [-0.2, 0) is 12.5 Å². The van der Waals surface area contributed by atoms with Crippen molar-refractivity contribution >= 4 is 21.9 Å². The molecule has 0 radical (unpaired) electrons. The Bertz CT molecular complexity index is 1610. The molecule has 168 valence electrons. The van der Waals surface area contributed by atoms with Gasteiger partial charge in [0.1, 0.15) is 0 Å². The Morgan fingerprint density at radius 3 is 2.53 bits per heavy atom. The van der Waals surface area contributed by atoms with Crippen LogP contribution in [0.2, 0.25) is 0 Å². The summed E-state index contributed by atoms with van der Waals surface area (Å²) in [7, 11) is 1.77. The fourth-order valence-electron chi connectivity index (χ4n) is 4.57. The van der Waals surface area contributed by atoms with Gasteiger partial charge in [-0.3, -0.25) is 19.1 Å². The van der Waals surface area contributed by atoms with Crippen LogP contribution in [0.15, 0.2) is 78.0 Å². The fourth-order valence-corrected chi connectivity index (χ4v) is 4.57. The number of hydrogen-bond donors (Lipinski definition) is 0. The smallest absolute Gasteiger partial charge is 0.293 e. The van der Waals surface area contributed by atoms with E-state index in [0.29, 0.717) is 6.42 Å². The van der Waals surface area contributed by atoms with Crippen molar-refractivity contribution in [3.8, 4) is 22.9 Å². The van der Waals surface area contributed by atoms with E-state index in [-0.39, 0.29) is 11.1 Å². The molecule has 3 heterocycles. The number of nitrogens with zero attached hydrogens (tertiary/aromatic N) is 5. The van der Waals surface area contributed by atoms with E-state index >= 15 is 0 Å². The molecule has 1 unspecified atom stereocenters. The fraction of sp³-hybridized carbons (Fsp3) is 0.214. The highest BCUT2D eigenvalue weighted by Gasteiger charge is 2.25. The van der Waals surface area contributed by atoms with Gasteiger partial charge in [-0.15, -0.1) is 0 Å². The third kappa shape index (κ3) is 3.37. The summed E-state index contributed by atoms with van der Waals surface area (Å²) in [5.41, 5.74) is 5.98. The van der Waals surface area contributed by atoms with Crippen LogP contribution in [0.3, 0.4) is 0 Å². The van der Waals surface area contributed by atoms with Gasteiger partial charge in [0.25, 0.3) is 0 Å². The number of nitriles is 1. The van der Waals surface area contributed by atoms with E-state index in [1.54, 1.807) is 28.6 Å². The molecule has 0 saturated heterocycles. The lowest BCUT2D eigenvalue weighted by molar-refractivity contribution is 0.466. The van der Waals surface area contributed by atoms with Crippen LogP contribution < -0.4 is 5.69 Å². The zero-order valence-electron chi connectivity index (χ0n) is 19.5. The number of pyridine rings is 2. The van der Waals surface area contributed by atoms with Gasteiger partial charge in [-0.1, -0.05) is 38.1 Å². The number of aromatic nitrogens is 4. The standard InChI is InChI=1S/C28H25N5O/c1-4-28(2,13-14-29)21-8-10-22(11-9-21)33-26-23-16-19(20-6-5-15-30-17-20)7-12-24(23)31-18-25(26)32(3)27(33)34/h5-12,15-18H,4,13H2,1-3H3. The predicted octanol–water partition coefficient (Wildman–Crippen LogP) is 5.52. The lowest BCUT2D eigenvalue weighted by Crippen LogP contribution is -2.22. The molecule has 0 spiro atoms. The zero-order valence-corrected chi connectivity index (χ0v) is 19.5. The zero-order chi connectivity index (χ0) is 23.9. The van der Waals surface area contributed by atoms with Crippen molar-refractivity contribution in [1.29, 1.82) is 5.26 Å².